The molecule has 0 saturated heterocycles. The first kappa shape index (κ1) is 14.1. The van der Waals surface area contributed by atoms with Crippen LogP contribution in [-0.4, -0.2) is 39.7 Å². The first-order valence-corrected chi connectivity index (χ1v) is 5.25. The molecule has 0 amide bonds. The maximum absolute atomic E-state index is 11.0. The smallest absolute Gasteiger partial charge is 0.332 e. The summed E-state index contributed by atoms with van der Waals surface area (Å²) in [6.45, 7) is 3.07. The van der Waals surface area contributed by atoms with Crippen LogP contribution in [0.1, 0.15) is 12.6 Å². The average Bonchev–Trinajstić information content (AvgIpc) is 2.35. The van der Waals surface area contributed by atoms with Gasteiger partial charge in [-0.25, -0.2) is 10.8 Å². The van der Waals surface area contributed by atoms with Gasteiger partial charge in [-0.05, 0) is 13.8 Å². The van der Waals surface area contributed by atoms with Crippen LogP contribution >= 0.6 is 0 Å². The standard InChI is InChI=1S/C9H16N6O3/c1-5(4-16)14(3)8-7(15(17)18)6(2)11-9(12-8)13-10/h5,16H,4,10H2,1-3H3,(H,11,12,13). The molecule has 0 fully saturated rings. The number of anilines is 2. The number of nitro groups is 1. The zero-order valence-corrected chi connectivity index (χ0v) is 10.4. The van der Waals surface area contributed by atoms with Crippen molar-refractivity contribution in [3.8, 4) is 0 Å². The summed E-state index contributed by atoms with van der Waals surface area (Å²) in [5.74, 6) is 5.41. The Morgan fingerprint density at radius 3 is 2.67 bits per heavy atom. The predicted molar refractivity (Wildman–Crippen MR) is 66.2 cm³/mol. The van der Waals surface area contributed by atoms with Crippen LogP contribution in [-0.2, 0) is 0 Å². The third-order valence-corrected chi connectivity index (χ3v) is 2.61. The quantitative estimate of drug-likeness (QED) is 0.375. The van der Waals surface area contributed by atoms with Gasteiger partial charge in [-0.2, -0.15) is 4.98 Å². The number of likely N-dealkylation sites (N-methyl/N-ethyl adjacent to an activating group) is 1. The number of nitrogens with one attached hydrogen (secondary N) is 1. The van der Waals surface area contributed by atoms with Crippen LogP contribution in [0.15, 0.2) is 0 Å². The molecule has 0 aliphatic heterocycles. The number of hydrogen-bond donors (Lipinski definition) is 3. The van der Waals surface area contributed by atoms with Gasteiger partial charge in [-0.3, -0.25) is 15.5 Å². The van der Waals surface area contributed by atoms with Crippen molar-refractivity contribution in [1.82, 2.24) is 9.97 Å². The first-order valence-electron chi connectivity index (χ1n) is 5.25. The highest BCUT2D eigenvalue weighted by Gasteiger charge is 2.26. The lowest BCUT2D eigenvalue weighted by atomic mass is 10.2. The zero-order valence-electron chi connectivity index (χ0n) is 10.4. The van der Waals surface area contributed by atoms with E-state index in [-0.39, 0.29) is 35.8 Å². The van der Waals surface area contributed by atoms with Crippen molar-refractivity contribution >= 4 is 17.5 Å². The van der Waals surface area contributed by atoms with E-state index in [2.05, 4.69) is 15.4 Å². The van der Waals surface area contributed by atoms with Gasteiger partial charge < -0.3 is 10.0 Å². The van der Waals surface area contributed by atoms with E-state index >= 15 is 0 Å². The molecule has 0 bridgehead atoms. The lowest BCUT2D eigenvalue weighted by Gasteiger charge is -2.24. The van der Waals surface area contributed by atoms with Crippen molar-refractivity contribution in [2.24, 2.45) is 5.84 Å². The van der Waals surface area contributed by atoms with Crippen molar-refractivity contribution < 1.29 is 10.0 Å². The second-order valence-corrected chi connectivity index (χ2v) is 3.85. The number of aliphatic hydroxyl groups is 1. The molecular weight excluding hydrogens is 240 g/mol. The summed E-state index contributed by atoms with van der Waals surface area (Å²) in [5, 5.41) is 20.1. The van der Waals surface area contributed by atoms with Crippen molar-refractivity contribution in [2.75, 3.05) is 24.0 Å². The van der Waals surface area contributed by atoms with Crippen molar-refractivity contribution in [2.45, 2.75) is 19.9 Å². The Hall–Kier alpha value is -2.00. The number of aliphatic hydroxyl groups excluding tert-OH is 1. The van der Waals surface area contributed by atoms with Crippen molar-refractivity contribution in [1.29, 1.82) is 0 Å². The number of aryl methyl sites for hydroxylation is 1. The Morgan fingerprint density at radius 1 is 1.61 bits per heavy atom. The summed E-state index contributed by atoms with van der Waals surface area (Å²) in [6.07, 6.45) is 0. The molecule has 0 aromatic carbocycles. The molecule has 0 saturated carbocycles. The van der Waals surface area contributed by atoms with E-state index in [1.165, 1.54) is 11.8 Å². The molecule has 9 nitrogen and oxygen atoms in total. The lowest BCUT2D eigenvalue weighted by molar-refractivity contribution is -0.385. The lowest BCUT2D eigenvalue weighted by Crippen LogP contribution is -2.33. The molecule has 18 heavy (non-hydrogen) atoms. The molecule has 1 rings (SSSR count). The van der Waals surface area contributed by atoms with E-state index in [1.54, 1.807) is 14.0 Å². The van der Waals surface area contributed by atoms with Gasteiger partial charge in [0.05, 0.1) is 17.6 Å². The van der Waals surface area contributed by atoms with Gasteiger partial charge in [0, 0.05) is 7.05 Å². The van der Waals surface area contributed by atoms with Gasteiger partial charge in [0.15, 0.2) is 0 Å². The first-order chi connectivity index (χ1) is 8.42. The Balaban J connectivity index is 3.38. The molecule has 100 valence electrons. The van der Waals surface area contributed by atoms with Crippen LogP contribution in [0.3, 0.4) is 0 Å². The number of nitrogen functional groups attached to an aromatic ring is 1. The fourth-order valence-corrected chi connectivity index (χ4v) is 1.41. The van der Waals surface area contributed by atoms with Gasteiger partial charge in [0.2, 0.25) is 11.8 Å². The van der Waals surface area contributed by atoms with Gasteiger partial charge in [0.1, 0.15) is 5.69 Å². The third kappa shape index (κ3) is 2.63. The van der Waals surface area contributed by atoms with Crippen LogP contribution in [0.2, 0.25) is 0 Å². The molecule has 0 radical (unpaired) electrons. The number of hydrazine groups is 1. The molecule has 1 unspecified atom stereocenters. The molecule has 0 aliphatic rings. The van der Waals surface area contributed by atoms with Crippen molar-refractivity contribution in [3.05, 3.63) is 15.8 Å². The fraction of sp³-hybridized carbons (Fsp3) is 0.556. The second kappa shape index (κ2) is 5.56. The molecule has 1 aromatic heterocycles. The third-order valence-electron chi connectivity index (χ3n) is 2.61. The summed E-state index contributed by atoms with van der Waals surface area (Å²) >= 11 is 0. The van der Waals surface area contributed by atoms with E-state index in [0.717, 1.165) is 0 Å². The minimum Gasteiger partial charge on any atom is -0.394 e. The van der Waals surface area contributed by atoms with E-state index in [0.29, 0.717) is 0 Å². The van der Waals surface area contributed by atoms with Crippen LogP contribution in [0.5, 0.6) is 0 Å². The Labute approximate surface area is 104 Å². The normalized spacial score (nSPS) is 12.1. The summed E-state index contributed by atoms with van der Waals surface area (Å²) in [5.41, 5.74) is 2.26. The molecule has 0 aliphatic carbocycles. The van der Waals surface area contributed by atoms with Crippen LogP contribution in [0.4, 0.5) is 17.5 Å². The Morgan fingerprint density at radius 2 is 2.22 bits per heavy atom. The SMILES string of the molecule is Cc1nc(NN)nc(N(C)C(C)CO)c1[N+](=O)[O-]. The fourth-order valence-electron chi connectivity index (χ4n) is 1.41. The molecule has 1 heterocycles. The molecule has 9 heteroatoms. The molecule has 4 N–H and O–H groups in total. The number of hydrogen-bond acceptors (Lipinski definition) is 8. The molecule has 1 atom stereocenters. The van der Waals surface area contributed by atoms with Crippen LogP contribution < -0.4 is 16.2 Å². The van der Waals surface area contributed by atoms with Gasteiger partial charge in [-0.15, -0.1) is 0 Å². The average molecular weight is 256 g/mol. The predicted octanol–water partition coefficient (Wildman–Crippen LogP) is -0.204. The Kier molecular flexibility index (Phi) is 4.34. The number of nitrogens with zero attached hydrogens (tertiary/aromatic N) is 4. The highest BCUT2D eigenvalue weighted by molar-refractivity contribution is 5.62. The number of nitrogens with two attached hydrogens (primary N) is 1. The van der Waals surface area contributed by atoms with Crippen LogP contribution in [0, 0.1) is 17.0 Å². The van der Waals surface area contributed by atoms with E-state index in [1.807, 2.05) is 0 Å². The minimum atomic E-state index is -0.550. The summed E-state index contributed by atoms with van der Waals surface area (Å²) in [4.78, 5) is 19.8. The van der Waals surface area contributed by atoms with E-state index < -0.39 is 4.92 Å². The summed E-state index contributed by atoms with van der Waals surface area (Å²) in [6, 6.07) is -0.316. The molecule has 1 aromatic rings. The van der Waals surface area contributed by atoms with Gasteiger partial charge in [0.25, 0.3) is 0 Å². The van der Waals surface area contributed by atoms with E-state index in [9.17, 15) is 10.1 Å². The van der Waals surface area contributed by atoms with Gasteiger partial charge in [-0.1, -0.05) is 0 Å². The molecular formula is C9H16N6O3. The highest BCUT2D eigenvalue weighted by Crippen LogP contribution is 2.29. The number of rotatable bonds is 5. The minimum absolute atomic E-state index is 0.0880. The molecule has 0 spiro atoms. The van der Waals surface area contributed by atoms with Gasteiger partial charge >= 0.3 is 5.69 Å². The number of aromatic nitrogens is 2. The summed E-state index contributed by atoms with van der Waals surface area (Å²) < 4.78 is 0. The monoisotopic (exact) mass is 256 g/mol. The summed E-state index contributed by atoms with van der Waals surface area (Å²) in [7, 11) is 1.61. The van der Waals surface area contributed by atoms with Crippen molar-refractivity contribution in [3.63, 3.8) is 0 Å². The zero-order chi connectivity index (χ0) is 13.9. The Bertz CT molecular complexity index is 452. The second-order valence-electron chi connectivity index (χ2n) is 3.85. The van der Waals surface area contributed by atoms with E-state index in [4.69, 9.17) is 10.9 Å². The highest BCUT2D eigenvalue weighted by atomic mass is 16.6. The largest absolute Gasteiger partial charge is 0.394 e. The maximum Gasteiger partial charge on any atom is 0.332 e. The van der Waals surface area contributed by atoms with Crippen LogP contribution in [0.25, 0.3) is 0 Å². The topological polar surface area (TPSA) is 130 Å². The maximum atomic E-state index is 11.0.